The zero-order valence-electron chi connectivity index (χ0n) is 22.5. The van der Waals surface area contributed by atoms with Crippen LogP contribution in [0.1, 0.15) is 48.8 Å². The van der Waals surface area contributed by atoms with Gasteiger partial charge in [-0.1, -0.05) is 85.5 Å². The van der Waals surface area contributed by atoms with Crippen molar-refractivity contribution in [2.24, 2.45) is 4.99 Å². The number of nitrogens with zero attached hydrogens (tertiary/aromatic N) is 2. The van der Waals surface area contributed by atoms with Gasteiger partial charge in [-0.3, -0.25) is 9.69 Å². The van der Waals surface area contributed by atoms with Gasteiger partial charge in [-0.2, -0.15) is 0 Å². The van der Waals surface area contributed by atoms with Gasteiger partial charge in [0.15, 0.2) is 5.17 Å². The van der Waals surface area contributed by atoms with Gasteiger partial charge < -0.3 is 4.74 Å². The van der Waals surface area contributed by atoms with E-state index in [1.807, 2.05) is 41.3 Å². The Labute approximate surface area is 248 Å². The number of aliphatic imine (C=N–C) groups is 1. The van der Waals surface area contributed by atoms with Crippen molar-refractivity contribution in [3.05, 3.63) is 111 Å². The summed E-state index contributed by atoms with van der Waals surface area (Å²) in [7, 11) is 0. The molecule has 6 rings (SSSR count). The molecular formula is C34H31BrN2O2S. The third kappa shape index (κ3) is 5.89. The first-order valence-electron chi connectivity index (χ1n) is 13.8. The Morgan fingerprint density at radius 2 is 1.75 bits per heavy atom. The molecule has 4 aromatic carbocycles. The van der Waals surface area contributed by atoms with Crippen LogP contribution in [0.25, 0.3) is 16.8 Å². The number of ether oxygens (including phenoxy) is 1. The van der Waals surface area contributed by atoms with Crippen molar-refractivity contribution in [2.45, 2.75) is 51.7 Å². The first kappa shape index (κ1) is 26.9. The second-order valence-corrected chi connectivity index (χ2v) is 12.3. The van der Waals surface area contributed by atoms with E-state index in [1.54, 1.807) is 0 Å². The molecule has 0 spiro atoms. The van der Waals surface area contributed by atoms with Gasteiger partial charge in [0.1, 0.15) is 12.4 Å². The SMILES string of the molecule is Cc1ccc(N=C2S/C(=C/c3ccc(OCc4cccc5ccccc45)c(Br)c3)C(=O)N2C2CCCCC2)cc1. The number of amides is 1. The largest absolute Gasteiger partial charge is 0.488 e. The highest BCUT2D eigenvalue weighted by Gasteiger charge is 2.38. The quantitative estimate of drug-likeness (QED) is 0.204. The first-order valence-corrected chi connectivity index (χ1v) is 15.4. The van der Waals surface area contributed by atoms with Gasteiger partial charge in [-0.05, 0) is 99.7 Å². The maximum Gasteiger partial charge on any atom is 0.267 e. The van der Waals surface area contributed by atoms with Gasteiger partial charge in [0.2, 0.25) is 0 Å². The number of amidine groups is 1. The highest BCUT2D eigenvalue weighted by Crippen LogP contribution is 2.39. The van der Waals surface area contributed by atoms with Crippen molar-refractivity contribution in [3.63, 3.8) is 0 Å². The Balaban J connectivity index is 1.23. The van der Waals surface area contributed by atoms with Crippen molar-refractivity contribution in [3.8, 4) is 5.75 Å². The van der Waals surface area contributed by atoms with Gasteiger partial charge >= 0.3 is 0 Å². The van der Waals surface area contributed by atoms with Crippen LogP contribution >= 0.6 is 27.7 Å². The lowest BCUT2D eigenvalue weighted by molar-refractivity contribution is -0.124. The van der Waals surface area contributed by atoms with Gasteiger partial charge in [-0.15, -0.1) is 0 Å². The molecule has 4 aromatic rings. The molecule has 40 heavy (non-hydrogen) atoms. The molecule has 1 aliphatic heterocycles. The molecule has 202 valence electrons. The molecule has 1 amide bonds. The molecule has 1 saturated heterocycles. The Hall–Kier alpha value is -3.35. The minimum atomic E-state index is 0.0511. The first-order chi connectivity index (χ1) is 19.5. The summed E-state index contributed by atoms with van der Waals surface area (Å²) in [6, 6.07) is 29.0. The van der Waals surface area contributed by atoms with Crippen LogP contribution in [0.4, 0.5) is 5.69 Å². The monoisotopic (exact) mass is 610 g/mol. The number of halogens is 1. The van der Waals surface area contributed by atoms with E-state index in [9.17, 15) is 4.79 Å². The average Bonchev–Trinajstić information content (AvgIpc) is 3.28. The molecule has 0 atom stereocenters. The third-order valence-electron chi connectivity index (χ3n) is 7.55. The van der Waals surface area contributed by atoms with Crippen LogP contribution in [0.3, 0.4) is 0 Å². The molecule has 1 heterocycles. The molecule has 1 aliphatic carbocycles. The van der Waals surface area contributed by atoms with Gasteiger partial charge in [0.25, 0.3) is 5.91 Å². The Morgan fingerprint density at radius 3 is 2.55 bits per heavy atom. The second kappa shape index (κ2) is 12.0. The number of carbonyl (C=O) groups excluding carboxylic acids is 1. The van der Waals surface area contributed by atoms with Gasteiger partial charge in [-0.25, -0.2) is 4.99 Å². The maximum atomic E-state index is 13.7. The molecular weight excluding hydrogens is 580 g/mol. The highest BCUT2D eigenvalue weighted by molar-refractivity contribution is 9.10. The van der Waals surface area contributed by atoms with E-state index in [0.717, 1.165) is 57.9 Å². The summed E-state index contributed by atoms with van der Waals surface area (Å²) < 4.78 is 7.05. The van der Waals surface area contributed by atoms with Gasteiger partial charge in [0.05, 0.1) is 15.1 Å². The number of hydrogen-bond acceptors (Lipinski definition) is 4. The molecule has 0 bridgehead atoms. The number of thioether (sulfide) groups is 1. The standard InChI is InChI=1S/C34H31BrN2O2S/c1-23-14-17-27(18-15-23)36-34-37(28-11-3-2-4-12-28)33(38)32(40-34)21-24-16-19-31(30(35)20-24)39-22-26-10-7-9-25-8-5-6-13-29(25)26/h5-10,13-21,28H,2-4,11-12,22H2,1H3/b32-21+,36-34?. The fourth-order valence-corrected chi connectivity index (χ4v) is 6.97. The zero-order chi connectivity index (χ0) is 27.5. The summed E-state index contributed by atoms with van der Waals surface area (Å²) in [5, 5.41) is 3.18. The van der Waals surface area contributed by atoms with Crippen molar-refractivity contribution in [1.82, 2.24) is 4.90 Å². The fourth-order valence-electron chi connectivity index (χ4n) is 5.40. The molecule has 1 saturated carbocycles. The van der Waals surface area contributed by atoms with Crippen LogP contribution in [-0.2, 0) is 11.4 Å². The van der Waals surface area contributed by atoms with Crippen LogP contribution in [0.5, 0.6) is 5.75 Å². The molecule has 0 unspecified atom stereocenters. The van der Waals surface area contributed by atoms with Crippen molar-refractivity contribution in [1.29, 1.82) is 0 Å². The lowest BCUT2D eigenvalue weighted by atomic mass is 9.94. The molecule has 0 N–H and O–H groups in total. The predicted molar refractivity (Wildman–Crippen MR) is 170 cm³/mol. The minimum Gasteiger partial charge on any atom is -0.488 e. The molecule has 0 aromatic heterocycles. The second-order valence-electron chi connectivity index (χ2n) is 10.4. The third-order valence-corrected chi connectivity index (χ3v) is 9.15. The lowest BCUT2D eigenvalue weighted by Crippen LogP contribution is -2.40. The van der Waals surface area contributed by atoms with Crippen LogP contribution in [0, 0.1) is 6.92 Å². The average molecular weight is 612 g/mol. The van der Waals surface area contributed by atoms with Crippen molar-refractivity contribution >= 4 is 61.3 Å². The highest BCUT2D eigenvalue weighted by atomic mass is 79.9. The summed E-state index contributed by atoms with van der Waals surface area (Å²) in [5.74, 6) is 0.820. The number of rotatable bonds is 6. The predicted octanol–water partition coefficient (Wildman–Crippen LogP) is 9.43. The molecule has 2 fully saturated rings. The van der Waals surface area contributed by atoms with E-state index in [4.69, 9.17) is 9.73 Å². The van der Waals surface area contributed by atoms with Crippen LogP contribution in [-0.4, -0.2) is 22.0 Å². The smallest absolute Gasteiger partial charge is 0.267 e. The summed E-state index contributed by atoms with van der Waals surface area (Å²) in [6.45, 7) is 2.54. The summed E-state index contributed by atoms with van der Waals surface area (Å²) in [4.78, 5) is 21.3. The zero-order valence-corrected chi connectivity index (χ0v) is 24.9. The fraction of sp³-hybridized carbons (Fsp3) is 0.235. The summed E-state index contributed by atoms with van der Waals surface area (Å²) in [5.41, 5.74) is 4.16. The Bertz CT molecular complexity index is 1600. The molecule has 0 radical (unpaired) electrons. The lowest BCUT2D eigenvalue weighted by Gasteiger charge is -2.30. The molecule has 4 nitrogen and oxygen atoms in total. The maximum absolute atomic E-state index is 13.7. The molecule has 6 heteroatoms. The van der Waals surface area contributed by atoms with Crippen LogP contribution < -0.4 is 4.74 Å². The number of benzene rings is 4. The number of fused-ring (bicyclic) bond motifs is 1. The minimum absolute atomic E-state index is 0.0511. The van der Waals surface area contributed by atoms with E-state index in [1.165, 1.54) is 34.5 Å². The molecule has 2 aliphatic rings. The number of hydrogen-bond donors (Lipinski definition) is 0. The van der Waals surface area contributed by atoms with Crippen LogP contribution in [0.2, 0.25) is 0 Å². The van der Waals surface area contributed by atoms with E-state index in [0.29, 0.717) is 11.5 Å². The van der Waals surface area contributed by atoms with E-state index in [-0.39, 0.29) is 11.9 Å². The summed E-state index contributed by atoms with van der Waals surface area (Å²) in [6.07, 6.45) is 7.58. The van der Waals surface area contributed by atoms with E-state index >= 15 is 0 Å². The number of carbonyl (C=O) groups is 1. The van der Waals surface area contributed by atoms with Crippen molar-refractivity contribution in [2.75, 3.05) is 0 Å². The van der Waals surface area contributed by atoms with Crippen molar-refractivity contribution < 1.29 is 9.53 Å². The van der Waals surface area contributed by atoms with E-state index in [2.05, 4.69) is 77.5 Å². The topological polar surface area (TPSA) is 41.9 Å². The van der Waals surface area contributed by atoms with Crippen LogP contribution in [0.15, 0.2) is 99.3 Å². The summed E-state index contributed by atoms with van der Waals surface area (Å²) >= 11 is 5.17. The Morgan fingerprint density at radius 1 is 0.975 bits per heavy atom. The normalized spacial score (nSPS) is 18.2. The Kier molecular flexibility index (Phi) is 8.08. The van der Waals surface area contributed by atoms with Gasteiger partial charge in [0, 0.05) is 6.04 Å². The van der Waals surface area contributed by atoms with E-state index < -0.39 is 0 Å². The number of aryl methyl sites for hydroxylation is 1.